The van der Waals surface area contributed by atoms with Crippen molar-refractivity contribution in [3.8, 4) is 0 Å². The van der Waals surface area contributed by atoms with Gasteiger partial charge in [-0.25, -0.2) is 9.18 Å². The maximum Gasteiger partial charge on any atom is 0.410 e. The quantitative estimate of drug-likeness (QED) is 0.798. The van der Waals surface area contributed by atoms with Gasteiger partial charge >= 0.3 is 6.09 Å². The Kier molecular flexibility index (Phi) is 7.44. The van der Waals surface area contributed by atoms with Gasteiger partial charge in [0.25, 0.3) is 0 Å². The molecule has 0 unspecified atom stereocenters. The molecule has 150 valence electrons. The second kappa shape index (κ2) is 9.37. The van der Waals surface area contributed by atoms with Gasteiger partial charge in [-0.2, -0.15) is 0 Å². The van der Waals surface area contributed by atoms with Crippen molar-refractivity contribution in [2.24, 2.45) is 0 Å². The standard InChI is InChI=1S/C19H27ClFN3O3/c1-19(2,3)27-18(26)24-9-7-14(8-10-24)22-12-16(25)23-11-13-5-4-6-15(20)17(13)21/h4-6,14,22H,7-12H2,1-3H3,(H,23,25). The summed E-state index contributed by atoms with van der Waals surface area (Å²) in [5.74, 6) is -0.731. The summed E-state index contributed by atoms with van der Waals surface area (Å²) in [6, 6.07) is 4.84. The zero-order chi connectivity index (χ0) is 20.0. The van der Waals surface area contributed by atoms with Crippen LogP contribution in [0.5, 0.6) is 0 Å². The third kappa shape index (κ3) is 6.99. The molecule has 0 aromatic heterocycles. The van der Waals surface area contributed by atoms with Crippen LogP contribution in [0.2, 0.25) is 5.02 Å². The Morgan fingerprint density at radius 2 is 1.96 bits per heavy atom. The Morgan fingerprint density at radius 1 is 1.30 bits per heavy atom. The summed E-state index contributed by atoms with van der Waals surface area (Å²) in [5.41, 5.74) is -0.159. The van der Waals surface area contributed by atoms with E-state index in [0.29, 0.717) is 18.7 Å². The summed E-state index contributed by atoms with van der Waals surface area (Å²) in [7, 11) is 0. The Bertz CT molecular complexity index is 671. The highest BCUT2D eigenvalue weighted by Gasteiger charge is 2.26. The average Bonchev–Trinajstić information content (AvgIpc) is 2.60. The van der Waals surface area contributed by atoms with Gasteiger partial charge < -0.3 is 20.3 Å². The van der Waals surface area contributed by atoms with E-state index in [0.717, 1.165) is 12.8 Å². The summed E-state index contributed by atoms with van der Waals surface area (Å²) < 4.78 is 19.2. The van der Waals surface area contributed by atoms with Crippen molar-refractivity contribution in [1.82, 2.24) is 15.5 Å². The van der Waals surface area contributed by atoms with Crippen molar-refractivity contribution in [3.05, 3.63) is 34.6 Å². The molecule has 1 heterocycles. The Morgan fingerprint density at radius 3 is 2.59 bits per heavy atom. The number of likely N-dealkylation sites (tertiary alicyclic amines) is 1. The van der Waals surface area contributed by atoms with Crippen LogP contribution in [0.25, 0.3) is 0 Å². The summed E-state index contributed by atoms with van der Waals surface area (Å²) >= 11 is 5.72. The topological polar surface area (TPSA) is 70.7 Å². The lowest BCUT2D eigenvalue weighted by molar-refractivity contribution is -0.120. The monoisotopic (exact) mass is 399 g/mol. The van der Waals surface area contributed by atoms with Crippen LogP contribution >= 0.6 is 11.6 Å². The van der Waals surface area contributed by atoms with Gasteiger partial charge in [-0.3, -0.25) is 4.79 Å². The number of nitrogens with one attached hydrogen (secondary N) is 2. The van der Waals surface area contributed by atoms with Crippen molar-refractivity contribution in [1.29, 1.82) is 0 Å². The molecule has 0 bridgehead atoms. The molecule has 1 aromatic rings. The second-order valence-corrected chi connectivity index (χ2v) is 8.02. The molecule has 6 nitrogen and oxygen atoms in total. The number of halogens is 2. The lowest BCUT2D eigenvalue weighted by Crippen LogP contribution is -2.48. The maximum atomic E-state index is 13.8. The summed E-state index contributed by atoms with van der Waals surface area (Å²) in [5, 5.41) is 5.89. The van der Waals surface area contributed by atoms with E-state index in [-0.39, 0.29) is 36.2 Å². The number of hydrogen-bond acceptors (Lipinski definition) is 4. The number of nitrogens with zero attached hydrogens (tertiary/aromatic N) is 1. The molecular formula is C19H27ClFN3O3. The number of hydrogen-bond donors (Lipinski definition) is 2. The molecule has 0 saturated carbocycles. The normalized spacial score (nSPS) is 15.5. The third-order valence-electron chi connectivity index (χ3n) is 4.21. The van der Waals surface area contributed by atoms with E-state index in [1.807, 2.05) is 20.8 Å². The highest BCUT2D eigenvalue weighted by atomic mass is 35.5. The molecule has 1 aromatic carbocycles. The maximum absolute atomic E-state index is 13.8. The van der Waals surface area contributed by atoms with E-state index in [9.17, 15) is 14.0 Å². The van der Waals surface area contributed by atoms with Crippen LogP contribution in [0, 0.1) is 5.82 Å². The molecule has 27 heavy (non-hydrogen) atoms. The van der Waals surface area contributed by atoms with Crippen molar-refractivity contribution >= 4 is 23.6 Å². The number of piperidine rings is 1. The van der Waals surface area contributed by atoms with Crippen molar-refractivity contribution in [3.63, 3.8) is 0 Å². The summed E-state index contributed by atoms with van der Waals surface area (Å²) in [6.07, 6.45) is 1.19. The molecule has 2 N–H and O–H groups in total. The zero-order valence-electron chi connectivity index (χ0n) is 16.0. The SMILES string of the molecule is CC(C)(C)OC(=O)N1CCC(NCC(=O)NCc2cccc(Cl)c2F)CC1. The number of ether oxygens (including phenoxy) is 1. The Hall–Kier alpha value is -1.86. The van der Waals surface area contributed by atoms with Gasteiger partial charge in [0.15, 0.2) is 0 Å². The third-order valence-corrected chi connectivity index (χ3v) is 4.50. The number of benzene rings is 1. The predicted molar refractivity (Wildman–Crippen MR) is 102 cm³/mol. The van der Waals surface area contributed by atoms with E-state index in [1.54, 1.807) is 17.0 Å². The van der Waals surface area contributed by atoms with E-state index < -0.39 is 11.4 Å². The molecule has 1 saturated heterocycles. The van der Waals surface area contributed by atoms with E-state index >= 15 is 0 Å². The van der Waals surface area contributed by atoms with Crippen molar-refractivity contribution < 1.29 is 18.7 Å². The van der Waals surface area contributed by atoms with Crippen molar-refractivity contribution in [2.45, 2.75) is 51.8 Å². The van der Waals surface area contributed by atoms with Crippen LogP contribution in [0.3, 0.4) is 0 Å². The van der Waals surface area contributed by atoms with E-state index in [4.69, 9.17) is 16.3 Å². The highest BCUT2D eigenvalue weighted by molar-refractivity contribution is 6.30. The van der Waals surface area contributed by atoms with Gasteiger partial charge in [-0.15, -0.1) is 0 Å². The van der Waals surface area contributed by atoms with Gasteiger partial charge in [0.05, 0.1) is 11.6 Å². The first-order chi connectivity index (χ1) is 12.7. The minimum Gasteiger partial charge on any atom is -0.444 e. The van der Waals surface area contributed by atoms with Crippen LogP contribution in [0.4, 0.5) is 9.18 Å². The number of amides is 2. The fraction of sp³-hybridized carbons (Fsp3) is 0.579. The molecule has 1 fully saturated rings. The van der Waals surface area contributed by atoms with Gasteiger partial charge in [0, 0.05) is 31.2 Å². The smallest absolute Gasteiger partial charge is 0.410 e. The predicted octanol–water partition coefficient (Wildman–Crippen LogP) is 3.08. The van der Waals surface area contributed by atoms with Crippen LogP contribution in [-0.4, -0.2) is 48.2 Å². The van der Waals surface area contributed by atoms with Gasteiger partial charge in [0.1, 0.15) is 11.4 Å². The molecule has 1 aliphatic heterocycles. The first-order valence-corrected chi connectivity index (χ1v) is 9.44. The van der Waals surface area contributed by atoms with Crippen molar-refractivity contribution in [2.75, 3.05) is 19.6 Å². The summed E-state index contributed by atoms with van der Waals surface area (Å²) in [6.45, 7) is 6.92. The second-order valence-electron chi connectivity index (χ2n) is 7.61. The number of carbonyl (C=O) groups excluding carboxylic acids is 2. The van der Waals surface area contributed by atoms with Crippen LogP contribution < -0.4 is 10.6 Å². The number of carbonyl (C=O) groups is 2. The molecule has 8 heteroatoms. The molecule has 0 atom stereocenters. The molecule has 0 radical (unpaired) electrons. The highest BCUT2D eigenvalue weighted by Crippen LogP contribution is 2.18. The minimum atomic E-state index is -0.512. The van der Waals surface area contributed by atoms with Gasteiger partial charge in [0.2, 0.25) is 5.91 Å². The fourth-order valence-electron chi connectivity index (χ4n) is 2.77. The molecule has 2 rings (SSSR count). The molecule has 0 aliphatic carbocycles. The molecule has 0 spiro atoms. The molecule has 1 aliphatic rings. The van der Waals surface area contributed by atoms with E-state index in [2.05, 4.69) is 10.6 Å². The first-order valence-electron chi connectivity index (χ1n) is 9.06. The zero-order valence-corrected chi connectivity index (χ0v) is 16.7. The first kappa shape index (κ1) is 21.4. The molecule has 2 amide bonds. The molecular weight excluding hydrogens is 373 g/mol. The van der Waals surface area contributed by atoms with E-state index in [1.165, 1.54) is 6.07 Å². The largest absolute Gasteiger partial charge is 0.444 e. The minimum absolute atomic E-state index is 0.0385. The van der Waals surface area contributed by atoms with Crippen LogP contribution in [0.1, 0.15) is 39.2 Å². The Labute approximate surface area is 164 Å². The number of rotatable bonds is 5. The van der Waals surface area contributed by atoms with Crippen LogP contribution in [0.15, 0.2) is 18.2 Å². The van der Waals surface area contributed by atoms with Gasteiger partial charge in [-0.1, -0.05) is 23.7 Å². The average molecular weight is 400 g/mol. The van der Waals surface area contributed by atoms with Crippen LogP contribution in [-0.2, 0) is 16.1 Å². The summed E-state index contributed by atoms with van der Waals surface area (Å²) in [4.78, 5) is 25.7. The van der Waals surface area contributed by atoms with Gasteiger partial charge in [-0.05, 0) is 39.7 Å². The lowest BCUT2D eigenvalue weighted by atomic mass is 10.1. The lowest BCUT2D eigenvalue weighted by Gasteiger charge is -2.33. The Balaban J connectivity index is 1.68. The fourth-order valence-corrected chi connectivity index (χ4v) is 2.97.